The molecule has 158 valence electrons. The highest BCUT2D eigenvalue weighted by atomic mass is 16.2. The Bertz CT molecular complexity index is 922. The molecule has 2 unspecified atom stereocenters. The number of benzene rings is 2. The van der Waals surface area contributed by atoms with E-state index in [1.807, 2.05) is 41.3 Å². The number of hydrogen-bond acceptors (Lipinski definition) is 3. The lowest BCUT2D eigenvalue weighted by Gasteiger charge is -2.45. The fourth-order valence-corrected chi connectivity index (χ4v) is 4.92. The van der Waals surface area contributed by atoms with Crippen molar-refractivity contribution in [1.82, 2.24) is 15.1 Å². The van der Waals surface area contributed by atoms with E-state index in [2.05, 4.69) is 36.2 Å². The van der Waals surface area contributed by atoms with E-state index >= 15 is 0 Å². The molecule has 2 amide bonds. The minimum atomic E-state index is -0.381. The maximum atomic E-state index is 13.5. The molecule has 0 bridgehead atoms. The van der Waals surface area contributed by atoms with Crippen LogP contribution in [0.5, 0.6) is 0 Å². The van der Waals surface area contributed by atoms with Crippen molar-refractivity contribution in [3.8, 4) is 0 Å². The van der Waals surface area contributed by atoms with Crippen molar-refractivity contribution in [1.29, 1.82) is 0 Å². The molecule has 5 nitrogen and oxygen atoms in total. The molecule has 2 atom stereocenters. The van der Waals surface area contributed by atoms with Crippen LogP contribution in [0, 0.1) is 0 Å². The average molecular weight is 406 g/mol. The third-order valence-corrected chi connectivity index (χ3v) is 6.56. The van der Waals surface area contributed by atoms with Gasteiger partial charge in [0.05, 0.1) is 12.0 Å². The number of hydrogen-bond donors (Lipinski definition) is 1. The first-order valence-corrected chi connectivity index (χ1v) is 11.1. The number of amides is 2. The van der Waals surface area contributed by atoms with Gasteiger partial charge in [0.1, 0.15) is 0 Å². The molecule has 2 aliphatic rings. The first-order chi connectivity index (χ1) is 14.7. The second-order valence-electron chi connectivity index (χ2n) is 8.13. The van der Waals surface area contributed by atoms with Crippen molar-refractivity contribution in [3.05, 3.63) is 70.8 Å². The van der Waals surface area contributed by atoms with Crippen LogP contribution in [0.2, 0.25) is 0 Å². The van der Waals surface area contributed by atoms with Gasteiger partial charge in [-0.25, -0.2) is 0 Å². The summed E-state index contributed by atoms with van der Waals surface area (Å²) in [6, 6.07) is 15.6. The topological polar surface area (TPSA) is 52.7 Å². The highest BCUT2D eigenvalue weighted by molar-refractivity contribution is 6.01. The first-order valence-electron chi connectivity index (χ1n) is 11.1. The Morgan fingerprint density at radius 2 is 1.77 bits per heavy atom. The number of fused-ring (bicyclic) bond motifs is 4. The van der Waals surface area contributed by atoms with Gasteiger partial charge in [-0.2, -0.15) is 0 Å². The second kappa shape index (κ2) is 9.00. The van der Waals surface area contributed by atoms with Crippen LogP contribution in [-0.2, 0) is 11.2 Å². The van der Waals surface area contributed by atoms with E-state index in [1.54, 1.807) is 0 Å². The molecule has 4 rings (SSSR count). The summed E-state index contributed by atoms with van der Waals surface area (Å²) in [4.78, 5) is 30.9. The molecule has 2 heterocycles. The molecule has 30 heavy (non-hydrogen) atoms. The summed E-state index contributed by atoms with van der Waals surface area (Å²) in [5.41, 5.74) is 3.86. The van der Waals surface area contributed by atoms with Crippen LogP contribution in [0.25, 0.3) is 0 Å². The Hall–Kier alpha value is -2.66. The van der Waals surface area contributed by atoms with Crippen LogP contribution in [0.4, 0.5) is 0 Å². The molecule has 0 radical (unpaired) electrons. The van der Waals surface area contributed by atoms with Crippen LogP contribution in [0.3, 0.4) is 0 Å². The third kappa shape index (κ3) is 3.74. The van der Waals surface area contributed by atoms with Gasteiger partial charge in [0.15, 0.2) is 0 Å². The number of carbonyl (C=O) groups is 2. The summed E-state index contributed by atoms with van der Waals surface area (Å²) in [7, 11) is 0. The molecule has 5 heteroatoms. The van der Waals surface area contributed by atoms with Gasteiger partial charge in [0, 0.05) is 18.7 Å². The van der Waals surface area contributed by atoms with E-state index in [0.29, 0.717) is 18.7 Å². The molecule has 0 aliphatic carbocycles. The Kier molecular flexibility index (Phi) is 6.18. The highest BCUT2D eigenvalue weighted by Crippen LogP contribution is 2.45. The number of rotatable bonds is 7. The first kappa shape index (κ1) is 20.6. The lowest BCUT2D eigenvalue weighted by molar-refractivity contribution is -0.124. The zero-order chi connectivity index (χ0) is 21.1. The summed E-state index contributed by atoms with van der Waals surface area (Å²) < 4.78 is 0. The minimum Gasteiger partial charge on any atom is -0.355 e. The summed E-state index contributed by atoms with van der Waals surface area (Å²) in [6.07, 6.45) is 1.75. The van der Waals surface area contributed by atoms with E-state index in [0.717, 1.165) is 43.6 Å². The normalized spacial score (nSPS) is 19.8. The molecular weight excluding hydrogens is 374 g/mol. The average Bonchev–Trinajstić information content (AvgIpc) is 2.79. The smallest absolute Gasteiger partial charge is 0.254 e. The van der Waals surface area contributed by atoms with Crippen LogP contribution in [-0.4, -0.2) is 54.3 Å². The lowest BCUT2D eigenvalue weighted by atomic mass is 9.76. The maximum absolute atomic E-state index is 13.5. The van der Waals surface area contributed by atoms with Crippen LogP contribution in [0.1, 0.15) is 59.3 Å². The zero-order valence-corrected chi connectivity index (χ0v) is 17.9. The maximum Gasteiger partial charge on any atom is 0.254 e. The van der Waals surface area contributed by atoms with Gasteiger partial charge in [-0.15, -0.1) is 0 Å². The molecule has 0 saturated carbocycles. The molecule has 1 N–H and O–H groups in total. The summed E-state index contributed by atoms with van der Waals surface area (Å²) in [6.45, 7) is 8.65. The molecule has 0 fully saturated rings. The predicted molar refractivity (Wildman–Crippen MR) is 119 cm³/mol. The van der Waals surface area contributed by atoms with Crippen LogP contribution < -0.4 is 5.32 Å². The molecule has 2 aromatic rings. The fourth-order valence-electron chi connectivity index (χ4n) is 4.92. The Labute approximate surface area is 179 Å². The largest absolute Gasteiger partial charge is 0.355 e. The van der Waals surface area contributed by atoms with Crippen LogP contribution in [0.15, 0.2) is 48.5 Å². The van der Waals surface area contributed by atoms with Crippen molar-refractivity contribution >= 4 is 11.8 Å². The zero-order valence-electron chi connectivity index (χ0n) is 17.9. The van der Waals surface area contributed by atoms with E-state index < -0.39 is 0 Å². The van der Waals surface area contributed by atoms with Gasteiger partial charge < -0.3 is 15.1 Å². The molecule has 0 spiro atoms. The molecule has 2 aliphatic heterocycles. The monoisotopic (exact) mass is 405 g/mol. The molecule has 0 saturated heterocycles. The quantitative estimate of drug-likeness (QED) is 0.719. The predicted octanol–water partition coefficient (Wildman–Crippen LogP) is 3.37. The van der Waals surface area contributed by atoms with Crippen molar-refractivity contribution in [2.75, 3.05) is 32.7 Å². The van der Waals surface area contributed by atoms with E-state index in [4.69, 9.17) is 0 Å². The standard InChI is InChI=1S/C25H31N3O2/c1-3-27(4-2)16-9-15-26-24(29)22-20-12-7-8-13-21(20)25(30)28-17-14-18-10-5-6-11-19(18)23(22)28/h5-8,10-13,22-23H,3-4,9,14-17H2,1-2H3,(H,26,29). The molecule has 2 aromatic carbocycles. The molecular formula is C25H31N3O2. The highest BCUT2D eigenvalue weighted by Gasteiger charge is 2.45. The molecule has 0 aromatic heterocycles. The Morgan fingerprint density at radius 1 is 1.07 bits per heavy atom. The Balaban J connectivity index is 1.61. The van der Waals surface area contributed by atoms with Gasteiger partial charge in [-0.1, -0.05) is 56.3 Å². The fraction of sp³-hybridized carbons (Fsp3) is 0.440. The summed E-state index contributed by atoms with van der Waals surface area (Å²) >= 11 is 0. The summed E-state index contributed by atoms with van der Waals surface area (Å²) in [5.74, 6) is -0.328. The third-order valence-electron chi connectivity index (χ3n) is 6.56. The van der Waals surface area contributed by atoms with Crippen molar-refractivity contribution < 1.29 is 9.59 Å². The van der Waals surface area contributed by atoms with Crippen molar-refractivity contribution in [3.63, 3.8) is 0 Å². The lowest BCUT2D eigenvalue weighted by Crippen LogP contribution is -2.50. The number of carbonyl (C=O) groups excluding carboxylic acids is 2. The Morgan fingerprint density at radius 3 is 2.53 bits per heavy atom. The van der Waals surface area contributed by atoms with Gasteiger partial charge >= 0.3 is 0 Å². The number of nitrogens with one attached hydrogen (secondary N) is 1. The van der Waals surface area contributed by atoms with Gasteiger partial charge in [-0.05, 0) is 55.2 Å². The summed E-state index contributed by atoms with van der Waals surface area (Å²) in [5, 5.41) is 3.17. The van der Waals surface area contributed by atoms with E-state index in [-0.39, 0.29) is 23.8 Å². The van der Waals surface area contributed by atoms with Crippen LogP contribution >= 0.6 is 0 Å². The van der Waals surface area contributed by atoms with E-state index in [9.17, 15) is 9.59 Å². The van der Waals surface area contributed by atoms with Crippen molar-refractivity contribution in [2.45, 2.75) is 38.6 Å². The van der Waals surface area contributed by atoms with Gasteiger partial charge in [0.2, 0.25) is 5.91 Å². The SMILES string of the molecule is CCN(CC)CCCNC(=O)C1c2ccccc2C(=O)N2CCc3ccccc3C12. The van der Waals surface area contributed by atoms with Gasteiger partial charge in [-0.3, -0.25) is 9.59 Å². The van der Waals surface area contributed by atoms with Gasteiger partial charge in [0.25, 0.3) is 5.91 Å². The van der Waals surface area contributed by atoms with Crippen molar-refractivity contribution in [2.24, 2.45) is 0 Å². The number of nitrogens with zero attached hydrogens (tertiary/aromatic N) is 2. The second-order valence-corrected chi connectivity index (χ2v) is 8.13. The van der Waals surface area contributed by atoms with E-state index in [1.165, 1.54) is 5.56 Å². The minimum absolute atomic E-state index is 0.0150.